The Hall–Kier alpha value is -3.22. The summed E-state index contributed by atoms with van der Waals surface area (Å²) in [5.41, 5.74) is 1.11. The third kappa shape index (κ3) is 6.13. The predicted octanol–water partition coefficient (Wildman–Crippen LogP) is 4.44. The number of nitrogens with zero attached hydrogens (tertiary/aromatic N) is 1. The van der Waals surface area contributed by atoms with Gasteiger partial charge in [-0.2, -0.15) is 0 Å². The predicted molar refractivity (Wildman–Crippen MR) is 121 cm³/mol. The van der Waals surface area contributed by atoms with Gasteiger partial charge in [0.1, 0.15) is 30.0 Å². The van der Waals surface area contributed by atoms with E-state index in [1.165, 1.54) is 4.90 Å². The Morgan fingerprint density at radius 3 is 1.94 bits per heavy atom. The summed E-state index contributed by atoms with van der Waals surface area (Å²) in [5, 5.41) is 11.2. The zero-order valence-corrected chi connectivity index (χ0v) is 18.1. The van der Waals surface area contributed by atoms with Crippen LogP contribution in [0.2, 0.25) is 5.02 Å². The van der Waals surface area contributed by atoms with Gasteiger partial charge in [0.15, 0.2) is 0 Å². The van der Waals surface area contributed by atoms with E-state index in [2.05, 4.69) is 0 Å². The molecule has 0 aliphatic carbocycles. The van der Waals surface area contributed by atoms with Crippen LogP contribution in [0.3, 0.4) is 0 Å². The first-order valence-electron chi connectivity index (χ1n) is 9.66. The van der Waals surface area contributed by atoms with Crippen LogP contribution in [-0.2, 0) is 0 Å². The Balaban J connectivity index is 1.76. The maximum Gasteiger partial charge on any atom is 0.258 e. The molecule has 7 heteroatoms. The fourth-order valence-corrected chi connectivity index (χ4v) is 3.07. The molecule has 162 valence electrons. The molecule has 1 unspecified atom stereocenters. The minimum atomic E-state index is -0.917. The molecule has 0 spiro atoms. The molecule has 0 aromatic heterocycles. The lowest BCUT2D eigenvalue weighted by Crippen LogP contribution is -2.40. The van der Waals surface area contributed by atoms with Crippen LogP contribution in [0.5, 0.6) is 17.2 Å². The number of benzene rings is 3. The summed E-state index contributed by atoms with van der Waals surface area (Å²) in [6, 6.07) is 20.7. The van der Waals surface area contributed by atoms with E-state index in [1.54, 1.807) is 87.0 Å². The number of anilines is 1. The van der Waals surface area contributed by atoms with E-state index in [-0.39, 0.29) is 19.1 Å². The van der Waals surface area contributed by atoms with E-state index < -0.39 is 6.10 Å². The van der Waals surface area contributed by atoms with Gasteiger partial charge in [-0.05, 0) is 72.8 Å². The second kappa shape index (κ2) is 10.7. The molecule has 0 aliphatic rings. The topological polar surface area (TPSA) is 68.2 Å². The quantitative estimate of drug-likeness (QED) is 0.531. The number of aliphatic hydroxyl groups excluding tert-OH is 1. The molecule has 0 radical (unpaired) electrons. The summed E-state index contributed by atoms with van der Waals surface area (Å²) in [4.78, 5) is 14.7. The van der Waals surface area contributed by atoms with Crippen molar-refractivity contribution in [1.29, 1.82) is 0 Å². The first kappa shape index (κ1) is 22.5. The van der Waals surface area contributed by atoms with Gasteiger partial charge in [-0.3, -0.25) is 4.79 Å². The molecule has 1 atom stereocenters. The number of halogens is 1. The molecule has 0 fully saturated rings. The largest absolute Gasteiger partial charge is 0.497 e. The highest BCUT2D eigenvalue weighted by Crippen LogP contribution is 2.23. The van der Waals surface area contributed by atoms with Gasteiger partial charge in [0.25, 0.3) is 5.91 Å². The summed E-state index contributed by atoms with van der Waals surface area (Å²) in [6.07, 6.45) is -0.917. The van der Waals surface area contributed by atoms with Gasteiger partial charge >= 0.3 is 0 Å². The minimum absolute atomic E-state index is 0.0180. The van der Waals surface area contributed by atoms with Crippen LogP contribution in [0.1, 0.15) is 10.4 Å². The van der Waals surface area contributed by atoms with E-state index in [1.807, 2.05) is 0 Å². The van der Waals surface area contributed by atoms with Crippen molar-refractivity contribution in [1.82, 2.24) is 0 Å². The zero-order valence-electron chi connectivity index (χ0n) is 17.3. The second-order valence-electron chi connectivity index (χ2n) is 6.76. The molecule has 0 saturated heterocycles. The highest BCUT2D eigenvalue weighted by atomic mass is 35.5. The molecule has 3 aromatic carbocycles. The standard InChI is InChI=1S/C24H24ClNO5/c1-29-21-9-3-17(4-10-21)24(28)26(19-7-13-22(30-2)14-8-19)15-20(27)16-31-23-11-5-18(25)6-12-23/h3-14,20,27H,15-16H2,1-2H3. The van der Waals surface area contributed by atoms with Gasteiger partial charge in [0, 0.05) is 16.3 Å². The van der Waals surface area contributed by atoms with Gasteiger partial charge in [-0.1, -0.05) is 11.6 Å². The van der Waals surface area contributed by atoms with Gasteiger partial charge in [0.05, 0.1) is 20.8 Å². The minimum Gasteiger partial charge on any atom is -0.497 e. The lowest BCUT2D eigenvalue weighted by molar-refractivity contribution is 0.0906. The Morgan fingerprint density at radius 1 is 0.871 bits per heavy atom. The van der Waals surface area contributed by atoms with E-state index in [9.17, 15) is 9.90 Å². The van der Waals surface area contributed by atoms with Gasteiger partial charge in [-0.25, -0.2) is 0 Å². The van der Waals surface area contributed by atoms with E-state index in [0.717, 1.165) is 0 Å². The van der Waals surface area contributed by atoms with Crippen LogP contribution >= 0.6 is 11.6 Å². The fraction of sp³-hybridized carbons (Fsp3) is 0.208. The Morgan fingerprint density at radius 2 is 1.39 bits per heavy atom. The summed E-state index contributed by atoms with van der Waals surface area (Å²) in [7, 11) is 3.14. The lowest BCUT2D eigenvalue weighted by Gasteiger charge is -2.26. The summed E-state index contributed by atoms with van der Waals surface area (Å²) in [5.74, 6) is 1.66. The van der Waals surface area contributed by atoms with Gasteiger partial charge < -0.3 is 24.2 Å². The first-order chi connectivity index (χ1) is 15.0. The molecule has 0 heterocycles. The molecular formula is C24H24ClNO5. The number of hydrogen-bond acceptors (Lipinski definition) is 5. The number of carbonyl (C=O) groups excluding carboxylic acids is 1. The number of carbonyl (C=O) groups is 1. The van der Waals surface area contributed by atoms with Crippen molar-refractivity contribution in [3.8, 4) is 17.2 Å². The molecule has 1 amide bonds. The fourth-order valence-electron chi connectivity index (χ4n) is 2.94. The molecule has 0 bridgehead atoms. The molecule has 1 N–H and O–H groups in total. The second-order valence-corrected chi connectivity index (χ2v) is 7.20. The van der Waals surface area contributed by atoms with Crippen molar-refractivity contribution < 1.29 is 24.1 Å². The molecule has 0 aliphatic heterocycles. The smallest absolute Gasteiger partial charge is 0.258 e. The Kier molecular flexibility index (Phi) is 7.76. The van der Waals surface area contributed by atoms with Crippen molar-refractivity contribution in [2.24, 2.45) is 0 Å². The molecule has 31 heavy (non-hydrogen) atoms. The van der Waals surface area contributed by atoms with Crippen LogP contribution in [0.25, 0.3) is 0 Å². The van der Waals surface area contributed by atoms with E-state index >= 15 is 0 Å². The normalized spacial score (nSPS) is 11.5. The molecular weight excluding hydrogens is 418 g/mol. The monoisotopic (exact) mass is 441 g/mol. The lowest BCUT2D eigenvalue weighted by atomic mass is 10.1. The first-order valence-corrected chi connectivity index (χ1v) is 10.0. The molecule has 3 rings (SSSR count). The third-order valence-electron chi connectivity index (χ3n) is 4.62. The Labute approximate surface area is 186 Å². The van der Waals surface area contributed by atoms with Crippen molar-refractivity contribution >= 4 is 23.2 Å². The Bertz CT molecular complexity index is 974. The van der Waals surface area contributed by atoms with Crippen molar-refractivity contribution in [2.75, 3.05) is 32.3 Å². The number of methoxy groups -OCH3 is 2. The zero-order chi connectivity index (χ0) is 22.2. The van der Waals surface area contributed by atoms with E-state index in [0.29, 0.717) is 33.5 Å². The van der Waals surface area contributed by atoms with Crippen LogP contribution in [0.15, 0.2) is 72.8 Å². The van der Waals surface area contributed by atoms with Crippen molar-refractivity contribution in [3.63, 3.8) is 0 Å². The molecule has 3 aromatic rings. The number of amides is 1. The molecule has 6 nitrogen and oxygen atoms in total. The average molecular weight is 442 g/mol. The van der Waals surface area contributed by atoms with Crippen LogP contribution in [0.4, 0.5) is 5.69 Å². The number of aliphatic hydroxyl groups is 1. The highest BCUT2D eigenvalue weighted by Gasteiger charge is 2.22. The number of ether oxygens (including phenoxy) is 3. The summed E-state index contributed by atoms with van der Waals surface area (Å²) >= 11 is 5.88. The SMILES string of the molecule is COc1ccc(C(=O)N(CC(O)COc2ccc(Cl)cc2)c2ccc(OC)cc2)cc1. The third-order valence-corrected chi connectivity index (χ3v) is 4.87. The van der Waals surface area contributed by atoms with Crippen LogP contribution in [-0.4, -0.2) is 44.5 Å². The van der Waals surface area contributed by atoms with Crippen LogP contribution in [0, 0.1) is 0 Å². The maximum absolute atomic E-state index is 13.2. The highest BCUT2D eigenvalue weighted by molar-refractivity contribution is 6.30. The average Bonchev–Trinajstić information content (AvgIpc) is 2.82. The van der Waals surface area contributed by atoms with Crippen molar-refractivity contribution in [2.45, 2.75) is 6.10 Å². The van der Waals surface area contributed by atoms with Gasteiger partial charge in [0.2, 0.25) is 0 Å². The number of rotatable bonds is 9. The van der Waals surface area contributed by atoms with E-state index in [4.69, 9.17) is 25.8 Å². The maximum atomic E-state index is 13.2. The summed E-state index contributed by atoms with van der Waals surface area (Å²) < 4.78 is 16.0. The van der Waals surface area contributed by atoms with Gasteiger partial charge in [-0.15, -0.1) is 0 Å². The summed E-state index contributed by atoms with van der Waals surface area (Å²) in [6.45, 7) is 0.0644. The van der Waals surface area contributed by atoms with Crippen LogP contribution < -0.4 is 19.1 Å². The number of hydrogen-bond donors (Lipinski definition) is 1. The van der Waals surface area contributed by atoms with Crippen molar-refractivity contribution in [3.05, 3.63) is 83.4 Å². The molecule has 0 saturated carbocycles.